The normalized spacial score (nSPS) is 17.6. The summed E-state index contributed by atoms with van der Waals surface area (Å²) in [5, 5.41) is 12.9. The first-order valence-corrected chi connectivity index (χ1v) is 8.13. The van der Waals surface area contributed by atoms with Crippen molar-refractivity contribution in [3.63, 3.8) is 0 Å². The van der Waals surface area contributed by atoms with Gasteiger partial charge < -0.3 is 15.8 Å². The van der Waals surface area contributed by atoms with Crippen molar-refractivity contribution in [2.75, 3.05) is 13.2 Å². The molecule has 1 aliphatic rings. The number of nitrogens with zero attached hydrogens (tertiary/aromatic N) is 2. The SMILES string of the molecule is CC(C)(C)c1nnc(CNC(=O)C(N)C2CCOCC2)s1.Cl. The average molecular weight is 349 g/mol. The van der Waals surface area contributed by atoms with Crippen LogP contribution in [-0.2, 0) is 21.5 Å². The van der Waals surface area contributed by atoms with Crippen LogP contribution in [0, 0.1) is 5.92 Å². The summed E-state index contributed by atoms with van der Waals surface area (Å²) in [4.78, 5) is 12.1. The molecule has 126 valence electrons. The van der Waals surface area contributed by atoms with Crippen LogP contribution in [0.3, 0.4) is 0 Å². The molecule has 1 aliphatic heterocycles. The van der Waals surface area contributed by atoms with Crippen LogP contribution in [0.1, 0.15) is 43.6 Å². The summed E-state index contributed by atoms with van der Waals surface area (Å²) in [6, 6.07) is -0.469. The summed E-state index contributed by atoms with van der Waals surface area (Å²) < 4.78 is 5.29. The minimum atomic E-state index is -0.469. The maximum atomic E-state index is 12.1. The molecule has 2 rings (SSSR count). The topological polar surface area (TPSA) is 90.1 Å². The molecule has 0 bridgehead atoms. The van der Waals surface area contributed by atoms with E-state index in [0.29, 0.717) is 19.8 Å². The van der Waals surface area contributed by atoms with Crippen LogP contribution in [0.2, 0.25) is 0 Å². The molecule has 0 spiro atoms. The van der Waals surface area contributed by atoms with Gasteiger partial charge in [0, 0.05) is 18.6 Å². The Kier molecular flexibility index (Phi) is 7.18. The van der Waals surface area contributed by atoms with Crippen LogP contribution in [0.5, 0.6) is 0 Å². The lowest BCUT2D eigenvalue weighted by Gasteiger charge is -2.26. The summed E-state index contributed by atoms with van der Waals surface area (Å²) in [6.45, 7) is 8.06. The van der Waals surface area contributed by atoms with Gasteiger partial charge in [-0.3, -0.25) is 4.79 Å². The Morgan fingerprint density at radius 3 is 2.59 bits per heavy atom. The van der Waals surface area contributed by atoms with Gasteiger partial charge in [0.1, 0.15) is 10.0 Å². The van der Waals surface area contributed by atoms with Crippen LogP contribution in [0.15, 0.2) is 0 Å². The minimum absolute atomic E-state index is 0. The smallest absolute Gasteiger partial charge is 0.237 e. The van der Waals surface area contributed by atoms with Crippen molar-refractivity contribution in [2.24, 2.45) is 11.7 Å². The number of nitrogens with two attached hydrogens (primary N) is 1. The third-order valence-corrected chi connectivity index (χ3v) is 4.95. The second-order valence-electron chi connectivity index (χ2n) is 6.44. The fraction of sp³-hybridized carbons (Fsp3) is 0.786. The van der Waals surface area contributed by atoms with Crippen LogP contribution in [0.25, 0.3) is 0 Å². The Labute approximate surface area is 141 Å². The molecule has 8 heteroatoms. The predicted octanol–water partition coefficient (Wildman–Crippen LogP) is 1.63. The fourth-order valence-corrected chi connectivity index (χ4v) is 3.03. The number of carbonyl (C=O) groups excluding carboxylic acids is 1. The van der Waals surface area contributed by atoms with Gasteiger partial charge in [-0.2, -0.15) is 0 Å². The summed E-state index contributed by atoms with van der Waals surface area (Å²) in [5.41, 5.74) is 6.01. The van der Waals surface area contributed by atoms with Gasteiger partial charge in [0.2, 0.25) is 5.91 Å². The predicted molar refractivity (Wildman–Crippen MR) is 89.2 cm³/mol. The monoisotopic (exact) mass is 348 g/mol. The van der Waals surface area contributed by atoms with Gasteiger partial charge in [0.25, 0.3) is 0 Å². The molecule has 0 aliphatic carbocycles. The van der Waals surface area contributed by atoms with E-state index in [1.54, 1.807) is 0 Å². The highest BCUT2D eigenvalue weighted by Crippen LogP contribution is 2.25. The highest BCUT2D eigenvalue weighted by molar-refractivity contribution is 7.11. The lowest BCUT2D eigenvalue weighted by molar-refractivity contribution is -0.124. The van der Waals surface area contributed by atoms with Gasteiger partial charge in [-0.1, -0.05) is 32.1 Å². The molecule has 1 saturated heterocycles. The van der Waals surface area contributed by atoms with Crippen molar-refractivity contribution >= 4 is 29.7 Å². The molecule has 6 nitrogen and oxygen atoms in total. The maximum Gasteiger partial charge on any atom is 0.237 e. The molecule has 0 saturated carbocycles. The van der Waals surface area contributed by atoms with E-state index in [0.717, 1.165) is 22.9 Å². The number of amides is 1. The highest BCUT2D eigenvalue weighted by Gasteiger charge is 2.26. The van der Waals surface area contributed by atoms with Crippen molar-refractivity contribution < 1.29 is 9.53 Å². The van der Waals surface area contributed by atoms with Crippen molar-refractivity contribution in [3.05, 3.63) is 10.0 Å². The number of hydrogen-bond acceptors (Lipinski definition) is 6. The van der Waals surface area contributed by atoms with Gasteiger partial charge in [-0.15, -0.1) is 22.6 Å². The second-order valence-corrected chi connectivity index (χ2v) is 7.51. The summed E-state index contributed by atoms with van der Waals surface area (Å²) in [7, 11) is 0. The van der Waals surface area contributed by atoms with Gasteiger partial charge >= 0.3 is 0 Å². The summed E-state index contributed by atoms with van der Waals surface area (Å²) >= 11 is 1.53. The molecule has 0 aromatic carbocycles. The molecule has 2 heterocycles. The largest absolute Gasteiger partial charge is 0.381 e. The number of rotatable bonds is 4. The zero-order valence-electron chi connectivity index (χ0n) is 13.3. The zero-order chi connectivity index (χ0) is 15.5. The Balaban J connectivity index is 0.00000242. The van der Waals surface area contributed by atoms with Crippen LogP contribution in [-0.4, -0.2) is 35.4 Å². The Bertz CT molecular complexity index is 483. The van der Waals surface area contributed by atoms with E-state index in [-0.39, 0.29) is 29.6 Å². The molecular weight excluding hydrogens is 324 g/mol. The van der Waals surface area contributed by atoms with Crippen LogP contribution >= 0.6 is 23.7 Å². The Morgan fingerprint density at radius 1 is 1.41 bits per heavy atom. The Hall–Kier alpha value is -0.760. The minimum Gasteiger partial charge on any atom is -0.381 e. The maximum absolute atomic E-state index is 12.1. The first kappa shape index (κ1) is 19.3. The number of carbonyl (C=O) groups is 1. The van der Waals surface area contributed by atoms with Crippen molar-refractivity contribution in [1.82, 2.24) is 15.5 Å². The number of hydrogen-bond donors (Lipinski definition) is 2. The molecule has 0 radical (unpaired) electrons. The number of nitrogens with one attached hydrogen (secondary N) is 1. The Morgan fingerprint density at radius 2 is 2.05 bits per heavy atom. The second kappa shape index (κ2) is 8.19. The van der Waals surface area contributed by atoms with E-state index in [1.165, 1.54) is 11.3 Å². The zero-order valence-corrected chi connectivity index (χ0v) is 14.9. The van der Waals surface area contributed by atoms with E-state index in [9.17, 15) is 4.79 Å². The quantitative estimate of drug-likeness (QED) is 0.863. The molecule has 1 unspecified atom stereocenters. The van der Waals surface area contributed by atoms with E-state index in [2.05, 4.69) is 36.3 Å². The molecule has 1 fully saturated rings. The highest BCUT2D eigenvalue weighted by atomic mass is 35.5. The number of aromatic nitrogens is 2. The van der Waals surface area contributed by atoms with Crippen LogP contribution in [0.4, 0.5) is 0 Å². The molecule has 22 heavy (non-hydrogen) atoms. The number of ether oxygens (including phenoxy) is 1. The first-order chi connectivity index (χ1) is 9.88. The average Bonchev–Trinajstić information content (AvgIpc) is 2.94. The molecule has 3 N–H and O–H groups in total. The molecule has 1 amide bonds. The van der Waals surface area contributed by atoms with Gasteiger partial charge in [-0.05, 0) is 18.8 Å². The summed E-state index contributed by atoms with van der Waals surface area (Å²) in [6.07, 6.45) is 1.70. The van der Waals surface area contributed by atoms with E-state index in [4.69, 9.17) is 10.5 Å². The molecular formula is C14H25ClN4O2S. The number of halogens is 1. The van der Waals surface area contributed by atoms with Crippen LogP contribution < -0.4 is 11.1 Å². The van der Waals surface area contributed by atoms with Gasteiger partial charge in [0.15, 0.2) is 0 Å². The molecule has 1 aromatic heterocycles. The third kappa shape index (κ3) is 5.15. The lowest BCUT2D eigenvalue weighted by Crippen LogP contribution is -2.46. The standard InChI is InChI=1S/C14H24N4O2S.ClH/c1-14(2,3)13-18-17-10(21-13)8-16-12(19)11(15)9-4-6-20-7-5-9;/h9,11H,4-8,15H2,1-3H3,(H,16,19);1H. The first-order valence-electron chi connectivity index (χ1n) is 7.32. The van der Waals surface area contributed by atoms with Crippen molar-refractivity contribution in [1.29, 1.82) is 0 Å². The van der Waals surface area contributed by atoms with Gasteiger partial charge in [0.05, 0.1) is 12.6 Å². The molecule has 1 atom stereocenters. The van der Waals surface area contributed by atoms with Gasteiger partial charge in [-0.25, -0.2) is 0 Å². The van der Waals surface area contributed by atoms with E-state index in [1.807, 2.05) is 0 Å². The third-order valence-electron chi connectivity index (χ3n) is 3.60. The van der Waals surface area contributed by atoms with Crippen molar-refractivity contribution in [3.8, 4) is 0 Å². The fourth-order valence-electron chi connectivity index (χ4n) is 2.20. The van der Waals surface area contributed by atoms with E-state index >= 15 is 0 Å². The molecule has 1 aromatic rings. The van der Waals surface area contributed by atoms with Crippen molar-refractivity contribution in [2.45, 2.75) is 51.6 Å². The summed E-state index contributed by atoms with van der Waals surface area (Å²) in [5.74, 6) is 0.0905. The van der Waals surface area contributed by atoms with E-state index < -0.39 is 6.04 Å². The lowest BCUT2D eigenvalue weighted by atomic mass is 9.92.